The fraction of sp³-hybridized carbons (Fsp3) is 0. The fourth-order valence-corrected chi connectivity index (χ4v) is 0. The van der Waals surface area contributed by atoms with Crippen LogP contribution in [0.1, 0.15) is 0 Å². The van der Waals surface area contributed by atoms with E-state index in [4.69, 9.17) is 0 Å². The van der Waals surface area contributed by atoms with Crippen LogP contribution in [0.15, 0.2) is 0 Å². The van der Waals surface area contributed by atoms with Crippen molar-refractivity contribution in [1.82, 2.24) is 0 Å². The molecule has 0 aromatic heterocycles. The third-order valence-corrected chi connectivity index (χ3v) is 0. The molecular formula is K25+25. The molecule has 0 amide bonds. The van der Waals surface area contributed by atoms with Crippen LogP contribution in [-0.2, 0) is 0 Å². The fourth-order valence-electron chi connectivity index (χ4n) is 0. The van der Waals surface area contributed by atoms with Crippen LogP contribution < -0.4 is 1280 Å². The van der Waals surface area contributed by atoms with E-state index >= 15 is 0 Å². The zero-order chi connectivity index (χ0) is 0. The number of hydrogen-bond donors (Lipinski definition) is 0. The molecule has 0 radical (unpaired) electrons. The molecule has 0 atom stereocenters. The van der Waals surface area contributed by atoms with Crippen LogP contribution in [0.5, 0.6) is 0 Å². The van der Waals surface area contributed by atoms with Gasteiger partial charge in [0.15, 0.2) is 0 Å². The average molecular weight is 977 g/mol. The minimum absolute atomic E-state index is 0. The van der Waals surface area contributed by atoms with Crippen molar-refractivity contribution in [3.05, 3.63) is 0 Å². The molecule has 0 aliphatic heterocycles. The molecule has 0 nitrogen and oxygen atoms in total. The summed E-state index contributed by atoms with van der Waals surface area (Å²) in [6.07, 6.45) is 0. The van der Waals surface area contributed by atoms with Gasteiger partial charge in [-0.05, 0) is 0 Å². The zero-order valence-corrected chi connectivity index (χ0v) is 103. The minimum Gasteiger partial charge on any atom is 1.00 e. The minimum atomic E-state index is 0. The van der Waals surface area contributed by atoms with Gasteiger partial charge in [0.1, 0.15) is 0 Å². The van der Waals surface area contributed by atoms with Gasteiger partial charge < -0.3 is 0 Å². The number of hydrogen-bond acceptors (Lipinski definition) is 0. The first-order valence-corrected chi connectivity index (χ1v) is 0. The summed E-state index contributed by atoms with van der Waals surface area (Å²) in [5, 5.41) is 0. The standard InChI is InChI=1S/25K/q25*+1. The van der Waals surface area contributed by atoms with Crippen LogP contribution in [-0.4, -0.2) is 0 Å². The maximum Gasteiger partial charge on any atom is 1.00 e. The van der Waals surface area contributed by atoms with Crippen molar-refractivity contribution in [2.24, 2.45) is 0 Å². The van der Waals surface area contributed by atoms with Crippen molar-refractivity contribution in [2.75, 3.05) is 0 Å². The second-order valence-corrected chi connectivity index (χ2v) is 0. The molecular weight excluding hydrogens is 977 g/mol. The van der Waals surface area contributed by atoms with E-state index in [0.717, 1.165) is 0 Å². The van der Waals surface area contributed by atoms with Gasteiger partial charge in [0.05, 0.1) is 0 Å². The predicted molar refractivity (Wildman–Crippen MR) is 0 cm³/mol. The summed E-state index contributed by atoms with van der Waals surface area (Å²) in [5.41, 5.74) is 0. The van der Waals surface area contributed by atoms with E-state index in [2.05, 4.69) is 0 Å². The molecule has 0 unspecified atom stereocenters. The Kier molecular flexibility index (Phi) is 1050. The molecule has 0 aromatic carbocycles. The largest absolute Gasteiger partial charge is 1.00 e. The Morgan fingerprint density at radius 1 is 0.0400 bits per heavy atom. The molecule has 0 fully saturated rings. The van der Waals surface area contributed by atoms with Gasteiger partial charge in [0.2, 0.25) is 0 Å². The summed E-state index contributed by atoms with van der Waals surface area (Å²) >= 11 is 0. The zero-order valence-electron chi connectivity index (χ0n) is 25.0. The monoisotopic (exact) mass is 974 g/mol. The summed E-state index contributed by atoms with van der Waals surface area (Å²) in [6, 6.07) is 0. The van der Waals surface area contributed by atoms with Gasteiger partial charge in [-0.3, -0.25) is 0 Å². The van der Waals surface area contributed by atoms with Crippen LogP contribution in [0, 0.1) is 0 Å². The van der Waals surface area contributed by atoms with Crippen LogP contribution in [0.2, 0.25) is 0 Å². The molecule has 0 aliphatic carbocycles. The molecule has 0 valence electrons. The Morgan fingerprint density at radius 3 is 0.0400 bits per heavy atom. The van der Waals surface area contributed by atoms with E-state index in [0.29, 0.717) is 0 Å². The number of rotatable bonds is 0. The molecule has 0 N–H and O–H groups in total. The van der Waals surface area contributed by atoms with Crippen LogP contribution >= 0.6 is 0 Å². The van der Waals surface area contributed by atoms with Crippen LogP contribution in [0.25, 0.3) is 0 Å². The maximum atomic E-state index is 0. The maximum absolute atomic E-state index is 0. The van der Waals surface area contributed by atoms with Gasteiger partial charge in [-0.25, -0.2) is 0 Å². The quantitative estimate of drug-likeness (QED) is 0.212. The molecule has 0 rings (SSSR count). The first-order chi connectivity index (χ1) is 0. The van der Waals surface area contributed by atoms with Crippen molar-refractivity contribution in [3.8, 4) is 0 Å². The van der Waals surface area contributed by atoms with Gasteiger partial charge in [-0.1, -0.05) is 0 Å². The summed E-state index contributed by atoms with van der Waals surface area (Å²) in [4.78, 5) is 0. The molecule has 0 saturated carbocycles. The van der Waals surface area contributed by atoms with E-state index in [1.807, 2.05) is 0 Å². The Balaban J connectivity index is 0. The van der Waals surface area contributed by atoms with Crippen LogP contribution in [0.3, 0.4) is 0 Å². The van der Waals surface area contributed by atoms with Gasteiger partial charge in [-0.15, -0.1) is 0 Å². The molecule has 0 saturated heterocycles. The summed E-state index contributed by atoms with van der Waals surface area (Å²) in [5.74, 6) is 0. The van der Waals surface area contributed by atoms with Crippen molar-refractivity contribution >= 4 is 0 Å². The Morgan fingerprint density at radius 2 is 0.0400 bits per heavy atom. The molecule has 0 aromatic rings. The first-order valence-electron chi connectivity index (χ1n) is 0. The van der Waals surface area contributed by atoms with E-state index in [1.54, 1.807) is 0 Å². The molecule has 25 heteroatoms. The second-order valence-electron chi connectivity index (χ2n) is 0. The van der Waals surface area contributed by atoms with Gasteiger partial charge >= 0.3 is 1280 Å². The van der Waals surface area contributed by atoms with E-state index in [9.17, 15) is 0 Å². The second kappa shape index (κ2) is 158. The van der Waals surface area contributed by atoms with Gasteiger partial charge in [0, 0.05) is 0 Å². The Hall–Kier alpha value is 40.9. The van der Waals surface area contributed by atoms with Crippen molar-refractivity contribution in [3.63, 3.8) is 0 Å². The Bertz CT molecular complexity index is 0. The SMILES string of the molecule is [K+].[K+].[K+].[K+].[K+].[K+].[K+].[K+].[K+].[K+].[K+].[K+].[K+].[K+].[K+].[K+].[K+].[K+].[K+].[K+].[K+].[K+].[K+].[K+].[K+]. The average Bonchev–Trinajstić information content (AvgIpc) is 0. The summed E-state index contributed by atoms with van der Waals surface area (Å²) in [6.45, 7) is 0. The van der Waals surface area contributed by atoms with E-state index in [-0.39, 0.29) is 1280 Å². The van der Waals surface area contributed by atoms with E-state index < -0.39 is 0 Å². The molecule has 0 spiro atoms. The summed E-state index contributed by atoms with van der Waals surface area (Å²) in [7, 11) is 0. The van der Waals surface area contributed by atoms with Crippen molar-refractivity contribution in [2.45, 2.75) is 0 Å². The van der Waals surface area contributed by atoms with Crippen LogP contribution in [0.4, 0.5) is 0 Å². The molecule has 25 heavy (non-hydrogen) atoms. The third kappa shape index (κ3) is 153. The van der Waals surface area contributed by atoms with Gasteiger partial charge in [-0.2, -0.15) is 0 Å². The summed E-state index contributed by atoms with van der Waals surface area (Å²) < 4.78 is 0. The molecule has 0 heterocycles. The van der Waals surface area contributed by atoms with Crippen molar-refractivity contribution < 1.29 is 1280 Å². The smallest absolute Gasteiger partial charge is 1.00 e. The third-order valence-electron chi connectivity index (χ3n) is 0. The normalized spacial score (nSPS) is 0. The Labute approximate surface area is 1220 Å². The van der Waals surface area contributed by atoms with Crippen molar-refractivity contribution in [1.29, 1.82) is 0 Å². The molecule has 0 bridgehead atoms. The van der Waals surface area contributed by atoms with Gasteiger partial charge in [0.25, 0.3) is 0 Å². The molecule has 0 aliphatic rings. The predicted octanol–water partition coefficient (Wildman–Crippen LogP) is -74.9. The van der Waals surface area contributed by atoms with E-state index in [1.165, 1.54) is 0 Å². The topological polar surface area (TPSA) is 0 Å². The first kappa shape index (κ1) is 166.